The van der Waals surface area contributed by atoms with Gasteiger partial charge < -0.3 is 10.2 Å². The molecule has 2 heterocycles. The van der Waals surface area contributed by atoms with Gasteiger partial charge in [0.2, 0.25) is 5.91 Å². The number of halogens is 1. The Balaban J connectivity index is 1.67. The second kappa shape index (κ2) is 9.66. The molecule has 1 N–H and O–H groups in total. The summed E-state index contributed by atoms with van der Waals surface area (Å²) in [6, 6.07) is 5.78. The van der Waals surface area contributed by atoms with E-state index in [2.05, 4.69) is 40.8 Å². The standard InChI is InChI=1S/C23H33ClN4O/c1-16(2)15-28-18(4)20(17(3)26-28)9-11-23(29)25-21-14-19(24)8-10-22(21)27-12-6-5-7-13-27/h8,10,14,16H,5-7,9,11-13,15H2,1-4H3,(H,25,29). The van der Waals surface area contributed by atoms with Crippen LogP contribution in [0.25, 0.3) is 0 Å². The topological polar surface area (TPSA) is 50.2 Å². The van der Waals surface area contributed by atoms with Crippen molar-refractivity contribution >= 4 is 28.9 Å². The lowest BCUT2D eigenvalue weighted by atomic mass is 10.1. The molecule has 2 aromatic rings. The summed E-state index contributed by atoms with van der Waals surface area (Å²) in [5.41, 5.74) is 5.25. The Hall–Kier alpha value is -2.01. The largest absolute Gasteiger partial charge is 0.370 e. The van der Waals surface area contributed by atoms with Crippen molar-refractivity contribution in [3.8, 4) is 0 Å². The maximum Gasteiger partial charge on any atom is 0.224 e. The Labute approximate surface area is 179 Å². The van der Waals surface area contributed by atoms with Crippen LogP contribution in [0.3, 0.4) is 0 Å². The molecule has 1 aliphatic rings. The van der Waals surface area contributed by atoms with Gasteiger partial charge in [0.15, 0.2) is 0 Å². The third-order valence-corrected chi connectivity index (χ3v) is 5.84. The van der Waals surface area contributed by atoms with Gasteiger partial charge in [0.25, 0.3) is 0 Å². The monoisotopic (exact) mass is 416 g/mol. The minimum absolute atomic E-state index is 0.0148. The number of aryl methyl sites for hydroxylation is 1. The molecule has 6 heteroatoms. The number of hydrogen-bond donors (Lipinski definition) is 1. The molecule has 1 aromatic carbocycles. The predicted octanol–water partition coefficient (Wildman–Crippen LogP) is 5.37. The predicted molar refractivity (Wildman–Crippen MR) is 121 cm³/mol. The first-order valence-electron chi connectivity index (χ1n) is 10.7. The van der Waals surface area contributed by atoms with Crippen molar-refractivity contribution < 1.29 is 4.79 Å². The van der Waals surface area contributed by atoms with Gasteiger partial charge in [-0.1, -0.05) is 25.4 Å². The van der Waals surface area contributed by atoms with Crippen molar-refractivity contribution in [1.29, 1.82) is 0 Å². The Bertz CT molecular complexity index is 853. The number of carbonyl (C=O) groups is 1. The van der Waals surface area contributed by atoms with Gasteiger partial charge in [0.1, 0.15) is 0 Å². The maximum atomic E-state index is 12.7. The number of piperidine rings is 1. The molecule has 5 nitrogen and oxygen atoms in total. The molecule has 1 amide bonds. The number of aromatic nitrogens is 2. The number of benzene rings is 1. The quantitative estimate of drug-likeness (QED) is 0.659. The second-order valence-electron chi connectivity index (χ2n) is 8.48. The first-order valence-corrected chi connectivity index (χ1v) is 11.1. The Morgan fingerprint density at radius 3 is 2.62 bits per heavy atom. The van der Waals surface area contributed by atoms with Gasteiger partial charge in [-0.15, -0.1) is 0 Å². The van der Waals surface area contributed by atoms with Gasteiger partial charge in [-0.3, -0.25) is 9.48 Å². The highest BCUT2D eigenvalue weighted by atomic mass is 35.5. The molecular weight excluding hydrogens is 384 g/mol. The molecule has 1 saturated heterocycles. The average Bonchev–Trinajstić information content (AvgIpc) is 2.93. The lowest BCUT2D eigenvalue weighted by Gasteiger charge is -2.30. The van der Waals surface area contributed by atoms with Crippen LogP contribution in [0.5, 0.6) is 0 Å². The zero-order valence-electron chi connectivity index (χ0n) is 18.1. The van der Waals surface area contributed by atoms with Crippen LogP contribution >= 0.6 is 11.6 Å². The van der Waals surface area contributed by atoms with Crippen LogP contribution in [0.4, 0.5) is 11.4 Å². The average molecular weight is 417 g/mol. The highest BCUT2D eigenvalue weighted by Crippen LogP contribution is 2.31. The molecule has 0 atom stereocenters. The van der Waals surface area contributed by atoms with E-state index in [9.17, 15) is 4.79 Å². The lowest BCUT2D eigenvalue weighted by molar-refractivity contribution is -0.116. The molecular formula is C23H33ClN4O. The van der Waals surface area contributed by atoms with Gasteiger partial charge in [-0.05, 0) is 69.2 Å². The van der Waals surface area contributed by atoms with E-state index in [0.29, 0.717) is 23.8 Å². The van der Waals surface area contributed by atoms with Crippen LogP contribution in [0, 0.1) is 19.8 Å². The van der Waals surface area contributed by atoms with E-state index in [-0.39, 0.29) is 5.91 Å². The third kappa shape index (κ3) is 5.53. The molecule has 0 bridgehead atoms. The smallest absolute Gasteiger partial charge is 0.224 e. The van der Waals surface area contributed by atoms with E-state index in [1.54, 1.807) is 0 Å². The van der Waals surface area contributed by atoms with Crippen LogP contribution in [-0.4, -0.2) is 28.8 Å². The van der Waals surface area contributed by atoms with E-state index in [4.69, 9.17) is 11.6 Å². The van der Waals surface area contributed by atoms with Crippen molar-refractivity contribution in [2.24, 2.45) is 5.92 Å². The van der Waals surface area contributed by atoms with Crippen LogP contribution in [0.2, 0.25) is 5.02 Å². The highest BCUT2D eigenvalue weighted by molar-refractivity contribution is 6.31. The van der Waals surface area contributed by atoms with E-state index < -0.39 is 0 Å². The molecule has 0 saturated carbocycles. The highest BCUT2D eigenvalue weighted by Gasteiger charge is 2.18. The fraction of sp³-hybridized carbons (Fsp3) is 0.565. The van der Waals surface area contributed by atoms with Crippen molar-refractivity contribution in [3.05, 3.63) is 40.2 Å². The summed E-state index contributed by atoms with van der Waals surface area (Å²) in [4.78, 5) is 15.1. The van der Waals surface area contributed by atoms with E-state index >= 15 is 0 Å². The zero-order valence-corrected chi connectivity index (χ0v) is 18.9. The van der Waals surface area contributed by atoms with Gasteiger partial charge in [0, 0.05) is 36.8 Å². The number of carbonyl (C=O) groups excluding carboxylic acids is 1. The molecule has 1 aliphatic heterocycles. The molecule has 158 valence electrons. The second-order valence-corrected chi connectivity index (χ2v) is 8.92. The van der Waals surface area contributed by atoms with E-state index in [1.807, 2.05) is 25.1 Å². The van der Waals surface area contributed by atoms with Crippen molar-refractivity contribution in [3.63, 3.8) is 0 Å². The summed E-state index contributed by atoms with van der Waals surface area (Å²) < 4.78 is 2.07. The van der Waals surface area contributed by atoms with Crippen molar-refractivity contribution in [2.75, 3.05) is 23.3 Å². The fourth-order valence-electron chi connectivity index (χ4n) is 4.09. The zero-order chi connectivity index (χ0) is 21.0. The Kier molecular flexibility index (Phi) is 7.23. The minimum Gasteiger partial charge on any atom is -0.370 e. The van der Waals surface area contributed by atoms with Gasteiger partial charge in [0.05, 0.1) is 17.1 Å². The SMILES string of the molecule is Cc1nn(CC(C)C)c(C)c1CCC(=O)Nc1cc(Cl)ccc1N1CCCCC1. The number of anilines is 2. The number of rotatable bonds is 7. The summed E-state index contributed by atoms with van der Waals surface area (Å²) in [7, 11) is 0. The molecule has 0 radical (unpaired) electrons. The van der Waals surface area contributed by atoms with Gasteiger partial charge >= 0.3 is 0 Å². The van der Waals surface area contributed by atoms with Crippen molar-refractivity contribution in [1.82, 2.24) is 9.78 Å². The molecule has 1 aromatic heterocycles. The fourth-order valence-corrected chi connectivity index (χ4v) is 4.26. The van der Waals surface area contributed by atoms with Crippen LogP contribution in [0.1, 0.15) is 56.5 Å². The molecule has 0 unspecified atom stereocenters. The summed E-state index contributed by atoms with van der Waals surface area (Å²) in [5, 5.41) is 8.41. The van der Waals surface area contributed by atoms with Crippen molar-refractivity contribution in [2.45, 2.75) is 66.3 Å². The Morgan fingerprint density at radius 2 is 1.93 bits per heavy atom. The van der Waals surface area contributed by atoms with E-state index in [1.165, 1.54) is 30.5 Å². The molecule has 1 fully saturated rings. The number of hydrogen-bond acceptors (Lipinski definition) is 3. The number of nitrogens with zero attached hydrogens (tertiary/aromatic N) is 3. The first kappa shape index (κ1) is 21.7. The maximum absolute atomic E-state index is 12.7. The molecule has 3 rings (SSSR count). The molecule has 0 aliphatic carbocycles. The van der Waals surface area contributed by atoms with Gasteiger partial charge in [-0.2, -0.15) is 5.10 Å². The third-order valence-electron chi connectivity index (χ3n) is 5.60. The molecule has 29 heavy (non-hydrogen) atoms. The van der Waals surface area contributed by atoms with Gasteiger partial charge in [-0.25, -0.2) is 0 Å². The summed E-state index contributed by atoms with van der Waals surface area (Å²) in [6.07, 6.45) is 4.78. The number of nitrogens with one attached hydrogen (secondary N) is 1. The number of amides is 1. The molecule has 0 spiro atoms. The van der Waals surface area contributed by atoms with Crippen LogP contribution in [0.15, 0.2) is 18.2 Å². The Morgan fingerprint density at radius 1 is 1.21 bits per heavy atom. The normalized spacial score (nSPS) is 14.5. The van der Waals surface area contributed by atoms with Crippen LogP contribution in [-0.2, 0) is 17.8 Å². The first-order chi connectivity index (χ1) is 13.8. The minimum atomic E-state index is 0.0148. The van der Waals surface area contributed by atoms with Crippen LogP contribution < -0.4 is 10.2 Å². The van der Waals surface area contributed by atoms with E-state index in [0.717, 1.165) is 36.7 Å². The summed E-state index contributed by atoms with van der Waals surface area (Å²) >= 11 is 6.22. The summed E-state index contributed by atoms with van der Waals surface area (Å²) in [5.74, 6) is 0.557. The summed E-state index contributed by atoms with van der Waals surface area (Å²) in [6.45, 7) is 11.5. The lowest BCUT2D eigenvalue weighted by Crippen LogP contribution is -2.30.